The zero-order valence-electron chi connectivity index (χ0n) is 19.3. The van der Waals surface area contributed by atoms with Gasteiger partial charge in [0.25, 0.3) is 11.1 Å². The van der Waals surface area contributed by atoms with E-state index >= 15 is 0 Å². The summed E-state index contributed by atoms with van der Waals surface area (Å²) in [6, 6.07) is 7.15. The molecule has 2 aromatic rings. The number of amides is 3. The summed E-state index contributed by atoms with van der Waals surface area (Å²) in [5, 5.41) is 12.0. The number of thioether (sulfide) groups is 1. The van der Waals surface area contributed by atoms with Crippen molar-refractivity contribution < 1.29 is 33.8 Å². The van der Waals surface area contributed by atoms with Gasteiger partial charge in [0.15, 0.2) is 11.5 Å². The second kappa shape index (κ2) is 12.2. The Hall–Kier alpha value is -3.21. The van der Waals surface area contributed by atoms with E-state index in [1.165, 1.54) is 43.5 Å². The Morgan fingerprint density at radius 3 is 2.61 bits per heavy atom. The Kier molecular flexibility index (Phi) is 9.25. The molecule has 1 aliphatic rings. The molecule has 12 heteroatoms. The van der Waals surface area contributed by atoms with Crippen LogP contribution in [0, 0.1) is 0 Å². The van der Waals surface area contributed by atoms with Gasteiger partial charge in [0, 0.05) is 5.69 Å². The number of halogens is 2. The molecule has 3 rings (SSSR count). The van der Waals surface area contributed by atoms with Crippen molar-refractivity contribution in [3.8, 4) is 11.5 Å². The number of aromatic hydroxyl groups is 1. The molecule has 36 heavy (non-hydrogen) atoms. The molecule has 0 aromatic heterocycles. The summed E-state index contributed by atoms with van der Waals surface area (Å²) in [5.74, 6) is -2.09. The molecule has 0 bridgehead atoms. The number of phenolic OH excluding ortho intramolecular Hbond substituents is 1. The first kappa shape index (κ1) is 27.4. The van der Waals surface area contributed by atoms with Gasteiger partial charge in [0.05, 0.1) is 34.2 Å². The number of unbranched alkanes of at least 4 members (excludes halogenated alkanes) is 1. The van der Waals surface area contributed by atoms with E-state index in [1.807, 2.05) is 6.92 Å². The first-order valence-corrected chi connectivity index (χ1v) is 12.3. The zero-order chi connectivity index (χ0) is 26.4. The fourth-order valence-corrected chi connectivity index (χ4v) is 4.36. The maximum Gasteiger partial charge on any atom is 0.339 e. The normalized spacial score (nSPS) is 14.3. The Morgan fingerprint density at radius 1 is 1.17 bits per heavy atom. The molecular weight excluding hydrogens is 531 g/mol. The number of imide groups is 1. The first-order valence-electron chi connectivity index (χ1n) is 10.7. The van der Waals surface area contributed by atoms with Gasteiger partial charge in [-0.05, 0) is 60.2 Å². The van der Waals surface area contributed by atoms with E-state index in [1.54, 1.807) is 0 Å². The van der Waals surface area contributed by atoms with Crippen LogP contribution in [0.3, 0.4) is 0 Å². The molecule has 0 saturated carbocycles. The molecule has 0 aliphatic carbocycles. The van der Waals surface area contributed by atoms with Crippen LogP contribution in [0.2, 0.25) is 10.0 Å². The van der Waals surface area contributed by atoms with Crippen LogP contribution in [0.25, 0.3) is 6.08 Å². The molecule has 2 aromatic carbocycles. The van der Waals surface area contributed by atoms with Gasteiger partial charge in [-0.2, -0.15) is 0 Å². The van der Waals surface area contributed by atoms with Gasteiger partial charge in [0.2, 0.25) is 5.91 Å². The molecular formula is C24H22Cl2N2O7S. The number of ether oxygens (including phenoxy) is 2. The van der Waals surface area contributed by atoms with Crippen molar-refractivity contribution in [3.05, 3.63) is 56.4 Å². The lowest BCUT2D eigenvalue weighted by Crippen LogP contribution is -2.36. The number of nitrogens with zero attached hydrogens (tertiary/aromatic N) is 1. The van der Waals surface area contributed by atoms with E-state index in [0.717, 1.165) is 11.3 Å². The number of anilines is 1. The SMILES string of the molecule is CCCCOC(=O)c1cc(NC(=O)CN2C(=O)S/C(=C\c3cc(Cl)c(O)c(OC)c3)C2=O)ccc1Cl. The number of hydrogen-bond acceptors (Lipinski definition) is 8. The van der Waals surface area contributed by atoms with Gasteiger partial charge in [-0.15, -0.1) is 0 Å². The van der Waals surface area contributed by atoms with Gasteiger partial charge < -0.3 is 19.9 Å². The molecule has 1 saturated heterocycles. The van der Waals surface area contributed by atoms with Crippen molar-refractivity contribution in [2.75, 3.05) is 25.6 Å². The highest BCUT2D eigenvalue weighted by Crippen LogP contribution is 2.38. The number of esters is 1. The van der Waals surface area contributed by atoms with Gasteiger partial charge in [0.1, 0.15) is 6.54 Å². The lowest BCUT2D eigenvalue weighted by molar-refractivity contribution is -0.127. The second-order valence-corrected chi connectivity index (χ2v) is 9.36. The van der Waals surface area contributed by atoms with E-state index in [-0.39, 0.29) is 44.3 Å². The highest BCUT2D eigenvalue weighted by atomic mass is 35.5. The van der Waals surface area contributed by atoms with Gasteiger partial charge in [-0.1, -0.05) is 36.5 Å². The molecule has 190 valence electrons. The van der Waals surface area contributed by atoms with Crippen LogP contribution >= 0.6 is 35.0 Å². The molecule has 1 fully saturated rings. The second-order valence-electron chi connectivity index (χ2n) is 7.55. The number of nitrogens with one attached hydrogen (secondary N) is 1. The summed E-state index contributed by atoms with van der Waals surface area (Å²) >= 11 is 12.7. The third-order valence-electron chi connectivity index (χ3n) is 4.94. The molecule has 1 heterocycles. The number of rotatable bonds is 9. The Bertz CT molecular complexity index is 1250. The summed E-state index contributed by atoms with van der Waals surface area (Å²) in [5.41, 5.74) is 0.756. The maximum atomic E-state index is 12.8. The predicted octanol–water partition coefficient (Wildman–Crippen LogP) is 5.34. The van der Waals surface area contributed by atoms with Crippen LogP contribution in [-0.2, 0) is 14.3 Å². The number of carbonyl (C=O) groups excluding carboxylic acids is 4. The molecule has 0 radical (unpaired) electrons. The van der Waals surface area contributed by atoms with Crippen LogP contribution < -0.4 is 10.1 Å². The van der Waals surface area contributed by atoms with Gasteiger partial charge >= 0.3 is 5.97 Å². The van der Waals surface area contributed by atoms with E-state index in [9.17, 15) is 24.3 Å². The fourth-order valence-electron chi connectivity index (χ4n) is 3.11. The number of hydrogen-bond donors (Lipinski definition) is 2. The highest BCUT2D eigenvalue weighted by molar-refractivity contribution is 8.18. The van der Waals surface area contributed by atoms with Crippen molar-refractivity contribution >= 4 is 69.8 Å². The van der Waals surface area contributed by atoms with E-state index in [0.29, 0.717) is 23.7 Å². The molecule has 1 aliphatic heterocycles. The van der Waals surface area contributed by atoms with Crippen molar-refractivity contribution in [3.63, 3.8) is 0 Å². The average molecular weight is 553 g/mol. The summed E-state index contributed by atoms with van der Waals surface area (Å²) in [7, 11) is 1.35. The lowest BCUT2D eigenvalue weighted by atomic mass is 10.2. The summed E-state index contributed by atoms with van der Waals surface area (Å²) in [6.45, 7) is 1.67. The average Bonchev–Trinajstić information content (AvgIpc) is 3.09. The Labute approximate surface area is 221 Å². The Balaban J connectivity index is 1.69. The number of methoxy groups -OCH3 is 1. The van der Waals surface area contributed by atoms with Crippen LogP contribution in [0.4, 0.5) is 10.5 Å². The number of benzene rings is 2. The van der Waals surface area contributed by atoms with Crippen molar-refractivity contribution in [2.45, 2.75) is 19.8 Å². The highest BCUT2D eigenvalue weighted by Gasteiger charge is 2.36. The summed E-state index contributed by atoms with van der Waals surface area (Å²) in [6.07, 6.45) is 2.98. The third kappa shape index (κ3) is 6.51. The van der Waals surface area contributed by atoms with Crippen LogP contribution in [0.5, 0.6) is 11.5 Å². The Morgan fingerprint density at radius 2 is 1.92 bits per heavy atom. The van der Waals surface area contributed by atoms with Gasteiger partial charge in [-0.3, -0.25) is 19.3 Å². The molecule has 0 spiro atoms. The van der Waals surface area contributed by atoms with Crippen molar-refractivity contribution in [1.82, 2.24) is 4.90 Å². The van der Waals surface area contributed by atoms with Crippen LogP contribution in [0.1, 0.15) is 35.7 Å². The van der Waals surface area contributed by atoms with E-state index in [4.69, 9.17) is 32.7 Å². The number of carbonyl (C=O) groups is 4. The van der Waals surface area contributed by atoms with E-state index < -0.39 is 29.6 Å². The molecule has 9 nitrogen and oxygen atoms in total. The molecule has 2 N–H and O–H groups in total. The minimum Gasteiger partial charge on any atom is -0.503 e. The minimum absolute atomic E-state index is 0.00999. The minimum atomic E-state index is -0.667. The van der Waals surface area contributed by atoms with Crippen molar-refractivity contribution in [1.29, 1.82) is 0 Å². The van der Waals surface area contributed by atoms with Crippen molar-refractivity contribution in [2.24, 2.45) is 0 Å². The predicted molar refractivity (Wildman–Crippen MR) is 138 cm³/mol. The largest absolute Gasteiger partial charge is 0.503 e. The standard InChI is InChI=1S/C24H22Cl2N2O7S/c1-3-4-7-35-23(32)15-11-14(5-6-16(15)25)27-20(29)12-28-22(31)19(36-24(28)33)10-13-8-17(26)21(30)18(9-13)34-2/h5-6,8-11,30H,3-4,7,12H2,1-2H3,(H,27,29)/b19-10-. The topological polar surface area (TPSA) is 122 Å². The van der Waals surface area contributed by atoms with Crippen LogP contribution in [0.15, 0.2) is 35.2 Å². The lowest BCUT2D eigenvalue weighted by Gasteiger charge is -2.13. The van der Waals surface area contributed by atoms with Crippen LogP contribution in [-0.4, -0.2) is 53.3 Å². The smallest absolute Gasteiger partial charge is 0.339 e. The molecule has 3 amide bonds. The quantitative estimate of drug-likeness (QED) is 0.243. The zero-order valence-corrected chi connectivity index (χ0v) is 21.6. The monoisotopic (exact) mass is 552 g/mol. The summed E-state index contributed by atoms with van der Waals surface area (Å²) < 4.78 is 10.2. The maximum absolute atomic E-state index is 12.8. The third-order valence-corrected chi connectivity index (χ3v) is 6.47. The van der Waals surface area contributed by atoms with E-state index in [2.05, 4.69) is 5.32 Å². The number of phenols is 1. The fraction of sp³-hybridized carbons (Fsp3) is 0.250. The van der Waals surface area contributed by atoms with Gasteiger partial charge in [-0.25, -0.2) is 4.79 Å². The molecule has 0 atom stereocenters. The summed E-state index contributed by atoms with van der Waals surface area (Å²) in [4.78, 5) is 50.9. The first-order chi connectivity index (χ1) is 17.1. The molecule has 0 unspecified atom stereocenters.